The third kappa shape index (κ3) is 3.96. The molecule has 1 aliphatic rings. The SMILES string of the molecule is COc1cccc(CCC(=O)N2CCC[C@@H](n3cc(C)cn3)C2)c1. The van der Waals surface area contributed by atoms with Crippen LogP contribution in [0, 0.1) is 6.92 Å². The van der Waals surface area contributed by atoms with Gasteiger partial charge in [-0.2, -0.15) is 5.10 Å². The topological polar surface area (TPSA) is 47.4 Å². The van der Waals surface area contributed by atoms with E-state index < -0.39 is 0 Å². The zero-order valence-corrected chi connectivity index (χ0v) is 14.4. The largest absolute Gasteiger partial charge is 0.497 e. The molecule has 1 aliphatic heterocycles. The summed E-state index contributed by atoms with van der Waals surface area (Å²) in [7, 11) is 1.66. The van der Waals surface area contributed by atoms with Crippen molar-refractivity contribution in [3.05, 3.63) is 47.8 Å². The average Bonchev–Trinajstić information content (AvgIpc) is 3.06. The second-order valence-corrected chi connectivity index (χ2v) is 6.49. The van der Waals surface area contributed by atoms with Crippen molar-refractivity contribution in [1.82, 2.24) is 14.7 Å². The number of hydrogen-bond donors (Lipinski definition) is 0. The molecule has 2 aromatic rings. The Balaban J connectivity index is 1.56. The van der Waals surface area contributed by atoms with Gasteiger partial charge in [0.15, 0.2) is 0 Å². The van der Waals surface area contributed by atoms with Crippen molar-refractivity contribution in [1.29, 1.82) is 0 Å². The molecule has 128 valence electrons. The van der Waals surface area contributed by atoms with Crippen molar-refractivity contribution in [3.8, 4) is 5.75 Å². The van der Waals surface area contributed by atoms with Crippen molar-refractivity contribution >= 4 is 5.91 Å². The number of rotatable bonds is 5. The number of likely N-dealkylation sites (tertiary alicyclic amines) is 1. The van der Waals surface area contributed by atoms with Crippen LogP contribution in [0.25, 0.3) is 0 Å². The van der Waals surface area contributed by atoms with Crippen LogP contribution < -0.4 is 4.74 Å². The van der Waals surface area contributed by atoms with Crippen LogP contribution in [0.15, 0.2) is 36.7 Å². The maximum Gasteiger partial charge on any atom is 0.222 e. The van der Waals surface area contributed by atoms with Gasteiger partial charge in [0.2, 0.25) is 5.91 Å². The Morgan fingerprint density at radius 2 is 2.29 bits per heavy atom. The second kappa shape index (κ2) is 7.51. The molecule has 0 unspecified atom stereocenters. The van der Waals surface area contributed by atoms with Gasteiger partial charge in [-0.25, -0.2) is 0 Å². The van der Waals surface area contributed by atoms with E-state index in [1.54, 1.807) is 7.11 Å². The minimum absolute atomic E-state index is 0.228. The molecule has 0 radical (unpaired) electrons. The Morgan fingerprint density at radius 3 is 3.04 bits per heavy atom. The Morgan fingerprint density at radius 1 is 1.42 bits per heavy atom. The molecule has 3 rings (SSSR count). The lowest BCUT2D eigenvalue weighted by Crippen LogP contribution is -2.40. The summed E-state index contributed by atoms with van der Waals surface area (Å²) in [5, 5.41) is 4.41. The van der Waals surface area contributed by atoms with Gasteiger partial charge >= 0.3 is 0 Å². The van der Waals surface area contributed by atoms with E-state index in [1.165, 1.54) is 0 Å². The number of aromatic nitrogens is 2. The van der Waals surface area contributed by atoms with Gasteiger partial charge in [0.1, 0.15) is 5.75 Å². The van der Waals surface area contributed by atoms with Crippen molar-refractivity contribution < 1.29 is 9.53 Å². The van der Waals surface area contributed by atoms with Gasteiger partial charge in [-0.3, -0.25) is 9.48 Å². The summed E-state index contributed by atoms with van der Waals surface area (Å²) < 4.78 is 7.25. The summed E-state index contributed by atoms with van der Waals surface area (Å²) in [6, 6.07) is 8.23. The second-order valence-electron chi connectivity index (χ2n) is 6.49. The number of carbonyl (C=O) groups is 1. The average molecular weight is 327 g/mol. The number of carbonyl (C=O) groups excluding carboxylic acids is 1. The molecule has 0 aliphatic carbocycles. The zero-order chi connectivity index (χ0) is 16.9. The van der Waals surface area contributed by atoms with Gasteiger partial charge in [0.05, 0.1) is 19.3 Å². The summed E-state index contributed by atoms with van der Waals surface area (Å²) in [5.41, 5.74) is 2.30. The van der Waals surface area contributed by atoms with Crippen LogP contribution >= 0.6 is 0 Å². The fraction of sp³-hybridized carbons (Fsp3) is 0.474. The van der Waals surface area contributed by atoms with E-state index in [1.807, 2.05) is 47.0 Å². The third-order valence-electron chi connectivity index (χ3n) is 4.62. The van der Waals surface area contributed by atoms with Gasteiger partial charge in [-0.1, -0.05) is 12.1 Å². The van der Waals surface area contributed by atoms with Gasteiger partial charge < -0.3 is 9.64 Å². The van der Waals surface area contributed by atoms with E-state index in [0.717, 1.165) is 49.2 Å². The number of ether oxygens (including phenoxy) is 1. The van der Waals surface area contributed by atoms with Crippen LogP contribution in [0.4, 0.5) is 0 Å². The molecule has 0 saturated carbocycles. The van der Waals surface area contributed by atoms with E-state index in [4.69, 9.17) is 4.74 Å². The highest BCUT2D eigenvalue weighted by Crippen LogP contribution is 2.22. The molecule has 5 heteroatoms. The van der Waals surface area contributed by atoms with Crippen molar-refractivity contribution in [2.24, 2.45) is 0 Å². The fourth-order valence-electron chi connectivity index (χ4n) is 3.27. The third-order valence-corrected chi connectivity index (χ3v) is 4.62. The summed E-state index contributed by atoms with van der Waals surface area (Å²) in [5.74, 6) is 1.07. The van der Waals surface area contributed by atoms with E-state index in [9.17, 15) is 4.79 Å². The molecule has 2 heterocycles. The first kappa shape index (κ1) is 16.6. The molecular weight excluding hydrogens is 302 g/mol. The molecule has 1 amide bonds. The van der Waals surface area contributed by atoms with Crippen LogP contribution in [0.5, 0.6) is 5.75 Å². The van der Waals surface area contributed by atoms with Gasteiger partial charge in [-0.15, -0.1) is 0 Å². The molecule has 1 fully saturated rings. The highest BCUT2D eigenvalue weighted by atomic mass is 16.5. The lowest BCUT2D eigenvalue weighted by atomic mass is 10.0. The van der Waals surface area contributed by atoms with Gasteiger partial charge in [-0.05, 0) is 49.4 Å². The maximum atomic E-state index is 12.6. The molecule has 1 saturated heterocycles. The number of hydrogen-bond acceptors (Lipinski definition) is 3. The molecule has 1 atom stereocenters. The first-order valence-corrected chi connectivity index (χ1v) is 8.57. The first-order valence-electron chi connectivity index (χ1n) is 8.57. The highest BCUT2D eigenvalue weighted by Gasteiger charge is 2.24. The molecule has 1 aromatic heterocycles. The molecule has 0 bridgehead atoms. The van der Waals surface area contributed by atoms with Crippen molar-refractivity contribution in [2.45, 2.75) is 38.6 Å². The van der Waals surface area contributed by atoms with Gasteiger partial charge in [0.25, 0.3) is 0 Å². The molecule has 0 spiro atoms. The number of amides is 1. The van der Waals surface area contributed by atoms with Crippen LogP contribution in [-0.4, -0.2) is 40.8 Å². The summed E-state index contributed by atoms with van der Waals surface area (Å²) in [4.78, 5) is 14.6. The van der Waals surface area contributed by atoms with Gasteiger partial charge in [0, 0.05) is 25.7 Å². The zero-order valence-electron chi connectivity index (χ0n) is 14.4. The summed E-state index contributed by atoms with van der Waals surface area (Å²) >= 11 is 0. The predicted molar refractivity (Wildman–Crippen MR) is 93.1 cm³/mol. The lowest BCUT2D eigenvalue weighted by molar-refractivity contribution is -0.132. The van der Waals surface area contributed by atoms with E-state index in [0.29, 0.717) is 12.5 Å². The standard InChI is InChI=1S/C19H25N3O2/c1-15-12-20-22(13-15)17-6-4-10-21(14-17)19(23)9-8-16-5-3-7-18(11-16)24-2/h3,5,7,11-13,17H,4,6,8-10,14H2,1-2H3/t17-/m1/s1. The Bertz CT molecular complexity index is 695. The maximum absolute atomic E-state index is 12.6. The normalized spacial score (nSPS) is 17.8. The van der Waals surface area contributed by atoms with Crippen molar-refractivity contribution in [3.63, 3.8) is 0 Å². The first-order chi connectivity index (χ1) is 11.7. The summed E-state index contributed by atoms with van der Waals surface area (Å²) in [6.07, 6.45) is 7.35. The summed E-state index contributed by atoms with van der Waals surface area (Å²) in [6.45, 7) is 3.66. The Hall–Kier alpha value is -2.30. The monoisotopic (exact) mass is 327 g/mol. The van der Waals surface area contributed by atoms with E-state index in [-0.39, 0.29) is 5.91 Å². The fourth-order valence-corrected chi connectivity index (χ4v) is 3.27. The number of aryl methyl sites for hydroxylation is 2. The molecule has 0 N–H and O–H groups in total. The molecule has 1 aromatic carbocycles. The molecule has 24 heavy (non-hydrogen) atoms. The smallest absolute Gasteiger partial charge is 0.222 e. The predicted octanol–water partition coefficient (Wildman–Crippen LogP) is 3.00. The minimum atomic E-state index is 0.228. The van der Waals surface area contributed by atoms with Crippen LogP contribution in [0.1, 0.15) is 36.4 Å². The van der Waals surface area contributed by atoms with Crippen LogP contribution in [-0.2, 0) is 11.2 Å². The molecule has 5 nitrogen and oxygen atoms in total. The minimum Gasteiger partial charge on any atom is -0.497 e. The molecular formula is C19H25N3O2. The van der Waals surface area contributed by atoms with Crippen LogP contribution in [0.2, 0.25) is 0 Å². The van der Waals surface area contributed by atoms with Crippen LogP contribution in [0.3, 0.4) is 0 Å². The number of benzene rings is 1. The number of nitrogens with zero attached hydrogens (tertiary/aromatic N) is 3. The Labute approximate surface area is 143 Å². The number of methoxy groups -OCH3 is 1. The lowest BCUT2D eigenvalue weighted by Gasteiger charge is -2.33. The van der Waals surface area contributed by atoms with E-state index >= 15 is 0 Å². The number of piperidine rings is 1. The quantitative estimate of drug-likeness (QED) is 0.848. The highest BCUT2D eigenvalue weighted by molar-refractivity contribution is 5.76. The Kier molecular flexibility index (Phi) is 5.18. The van der Waals surface area contributed by atoms with E-state index in [2.05, 4.69) is 11.3 Å². The van der Waals surface area contributed by atoms with Crippen molar-refractivity contribution in [2.75, 3.05) is 20.2 Å².